The van der Waals surface area contributed by atoms with Gasteiger partial charge >= 0.3 is 0 Å². The van der Waals surface area contributed by atoms with Crippen LogP contribution >= 0.6 is 0 Å². The summed E-state index contributed by atoms with van der Waals surface area (Å²) in [5, 5.41) is 3.44. The van der Waals surface area contributed by atoms with Gasteiger partial charge in [-0.25, -0.2) is 0 Å². The minimum absolute atomic E-state index is 0.371. The van der Waals surface area contributed by atoms with Gasteiger partial charge in [-0.2, -0.15) is 0 Å². The second-order valence-corrected chi connectivity index (χ2v) is 4.60. The number of hydrogen-bond donors (Lipinski definition) is 1. The zero-order valence-electron chi connectivity index (χ0n) is 10.5. The normalized spacial score (nSPS) is 21.8. The van der Waals surface area contributed by atoms with Crippen molar-refractivity contribution < 1.29 is 4.74 Å². The third kappa shape index (κ3) is 4.96. The van der Waals surface area contributed by atoms with Crippen LogP contribution in [0.25, 0.3) is 0 Å². The SMILES string of the molecule is CCNCC1CCN(CC(C)OC)CC1. The van der Waals surface area contributed by atoms with Gasteiger partial charge in [-0.1, -0.05) is 6.92 Å². The molecule has 1 unspecified atom stereocenters. The Kier molecular flexibility index (Phi) is 6.22. The maximum Gasteiger partial charge on any atom is 0.0670 e. The Morgan fingerprint density at radius 1 is 1.40 bits per heavy atom. The van der Waals surface area contributed by atoms with Crippen molar-refractivity contribution in [3.8, 4) is 0 Å². The molecule has 1 fully saturated rings. The molecule has 0 aromatic heterocycles. The zero-order valence-corrected chi connectivity index (χ0v) is 10.5. The fourth-order valence-corrected chi connectivity index (χ4v) is 2.16. The number of nitrogens with one attached hydrogen (secondary N) is 1. The number of hydrogen-bond acceptors (Lipinski definition) is 3. The molecule has 1 N–H and O–H groups in total. The molecule has 0 spiro atoms. The number of rotatable bonds is 6. The first-order valence-electron chi connectivity index (χ1n) is 6.22. The van der Waals surface area contributed by atoms with Crippen molar-refractivity contribution in [2.24, 2.45) is 5.92 Å². The van der Waals surface area contributed by atoms with Gasteiger partial charge in [-0.15, -0.1) is 0 Å². The molecule has 1 saturated heterocycles. The Balaban J connectivity index is 2.12. The molecule has 0 aromatic carbocycles. The van der Waals surface area contributed by atoms with Crippen LogP contribution in [0, 0.1) is 5.92 Å². The molecule has 15 heavy (non-hydrogen) atoms. The van der Waals surface area contributed by atoms with Crippen LogP contribution < -0.4 is 5.32 Å². The van der Waals surface area contributed by atoms with Crippen LogP contribution in [-0.2, 0) is 4.74 Å². The zero-order chi connectivity index (χ0) is 11.1. The smallest absolute Gasteiger partial charge is 0.0670 e. The second kappa shape index (κ2) is 7.20. The maximum absolute atomic E-state index is 5.29. The molecule has 3 heteroatoms. The number of methoxy groups -OCH3 is 1. The van der Waals surface area contributed by atoms with Gasteiger partial charge in [0.2, 0.25) is 0 Å². The fraction of sp³-hybridized carbons (Fsp3) is 1.00. The first-order chi connectivity index (χ1) is 7.26. The summed E-state index contributed by atoms with van der Waals surface area (Å²) < 4.78 is 5.29. The quantitative estimate of drug-likeness (QED) is 0.722. The molecule has 1 rings (SSSR count). The van der Waals surface area contributed by atoms with E-state index in [-0.39, 0.29) is 0 Å². The summed E-state index contributed by atoms with van der Waals surface area (Å²) in [5.41, 5.74) is 0. The molecule has 1 atom stereocenters. The average molecular weight is 214 g/mol. The monoisotopic (exact) mass is 214 g/mol. The molecule has 0 radical (unpaired) electrons. The van der Waals surface area contributed by atoms with Crippen molar-refractivity contribution in [2.75, 3.05) is 39.8 Å². The Hall–Kier alpha value is -0.120. The summed E-state index contributed by atoms with van der Waals surface area (Å²) in [7, 11) is 1.79. The lowest BCUT2D eigenvalue weighted by Gasteiger charge is -2.33. The first-order valence-corrected chi connectivity index (χ1v) is 6.22. The summed E-state index contributed by atoms with van der Waals surface area (Å²) >= 11 is 0. The topological polar surface area (TPSA) is 24.5 Å². The Bertz CT molecular complexity index is 156. The van der Waals surface area contributed by atoms with E-state index < -0.39 is 0 Å². The summed E-state index contributed by atoms with van der Waals surface area (Å²) in [4.78, 5) is 2.52. The molecule has 0 aromatic rings. The van der Waals surface area contributed by atoms with Gasteiger partial charge in [0.1, 0.15) is 0 Å². The summed E-state index contributed by atoms with van der Waals surface area (Å²) in [6.07, 6.45) is 3.04. The number of piperidine rings is 1. The third-order valence-electron chi connectivity index (χ3n) is 3.31. The molecule has 90 valence electrons. The van der Waals surface area contributed by atoms with Crippen LogP contribution in [-0.4, -0.2) is 50.8 Å². The summed E-state index contributed by atoms with van der Waals surface area (Å²) in [5.74, 6) is 0.888. The fourth-order valence-electron chi connectivity index (χ4n) is 2.16. The average Bonchev–Trinajstić information content (AvgIpc) is 2.28. The lowest BCUT2D eigenvalue weighted by atomic mass is 9.96. The molecule has 0 saturated carbocycles. The van der Waals surface area contributed by atoms with E-state index in [1.807, 2.05) is 0 Å². The standard InChI is InChI=1S/C12H26N2O/c1-4-13-9-12-5-7-14(8-6-12)10-11(2)15-3/h11-13H,4-10H2,1-3H3. The van der Waals surface area contributed by atoms with Crippen LogP contribution in [0.3, 0.4) is 0 Å². The highest BCUT2D eigenvalue weighted by Crippen LogP contribution is 2.16. The van der Waals surface area contributed by atoms with Crippen molar-refractivity contribution in [1.29, 1.82) is 0 Å². The van der Waals surface area contributed by atoms with E-state index in [9.17, 15) is 0 Å². The Morgan fingerprint density at radius 2 is 2.07 bits per heavy atom. The Labute approximate surface area is 94.2 Å². The molecule has 1 heterocycles. The van der Waals surface area contributed by atoms with Gasteiger partial charge < -0.3 is 15.0 Å². The van der Waals surface area contributed by atoms with E-state index >= 15 is 0 Å². The summed E-state index contributed by atoms with van der Waals surface area (Å²) in [6.45, 7) is 10.2. The van der Waals surface area contributed by atoms with E-state index in [1.54, 1.807) is 7.11 Å². The van der Waals surface area contributed by atoms with Gasteiger partial charge in [0, 0.05) is 13.7 Å². The molecule has 3 nitrogen and oxygen atoms in total. The largest absolute Gasteiger partial charge is 0.380 e. The van der Waals surface area contributed by atoms with E-state index in [0.29, 0.717) is 6.10 Å². The van der Waals surface area contributed by atoms with Crippen molar-refractivity contribution in [3.05, 3.63) is 0 Å². The van der Waals surface area contributed by atoms with Crippen LogP contribution in [0.5, 0.6) is 0 Å². The lowest BCUT2D eigenvalue weighted by Crippen LogP contribution is -2.40. The van der Waals surface area contributed by atoms with Crippen LogP contribution in [0.4, 0.5) is 0 Å². The van der Waals surface area contributed by atoms with Crippen LogP contribution in [0.2, 0.25) is 0 Å². The van der Waals surface area contributed by atoms with Gasteiger partial charge in [0.05, 0.1) is 6.10 Å². The highest BCUT2D eigenvalue weighted by Gasteiger charge is 2.19. The number of nitrogens with zero attached hydrogens (tertiary/aromatic N) is 1. The maximum atomic E-state index is 5.29. The molecule has 0 aliphatic carbocycles. The van der Waals surface area contributed by atoms with E-state index in [0.717, 1.165) is 19.0 Å². The Morgan fingerprint density at radius 3 is 2.60 bits per heavy atom. The van der Waals surface area contributed by atoms with Crippen LogP contribution in [0.15, 0.2) is 0 Å². The minimum Gasteiger partial charge on any atom is -0.380 e. The highest BCUT2D eigenvalue weighted by atomic mass is 16.5. The predicted molar refractivity (Wildman–Crippen MR) is 64.2 cm³/mol. The molecule has 1 aliphatic rings. The van der Waals surface area contributed by atoms with Gasteiger partial charge in [-0.3, -0.25) is 0 Å². The second-order valence-electron chi connectivity index (χ2n) is 4.60. The van der Waals surface area contributed by atoms with Crippen molar-refractivity contribution >= 4 is 0 Å². The van der Waals surface area contributed by atoms with E-state index in [1.165, 1.54) is 32.5 Å². The number of likely N-dealkylation sites (tertiary alicyclic amines) is 1. The number of ether oxygens (including phenoxy) is 1. The summed E-state index contributed by atoms with van der Waals surface area (Å²) in [6, 6.07) is 0. The van der Waals surface area contributed by atoms with Crippen molar-refractivity contribution in [3.63, 3.8) is 0 Å². The third-order valence-corrected chi connectivity index (χ3v) is 3.31. The first kappa shape index (κ1) is 12.9. The lowest BCUT2D eigenvalue weighted by molar-refractivity contribution is 0.0627. The van der Waals surface area contributed by atoms with Crippen LogP contribution in [0.1, 0.15) is 26.7 Å². The van der Waals surface area contributed by atoms with E-state index in [2.05, 4.69) is 24.1 Å². The van der Waals surface area contributed by atoms with Gasteiger partial charge in [0.15, 0.2) is 0 Å². The molecule has 0 bridgehead atoms. The van der Waals surface area contributed by atoms with E-state index in [4.69, 9.17) is 4.74 Å². The van der Waals surface area contributed by atoms with Gasteiger partial charge in [0.25, 0.3) is 0 Å². The van der Waals surface area contributed by atoms with Crippen molar-refractivity contribution in [1.82, 2.24) is 10.2 Å². The van der Waals surface area contributed by atoms with Crippen molar-refractivity contribution in [2.45, 2.75) is 32.8 Å². The predicted octanol–water partition coefficient (Wildman–Crippen LogP) is 1.34. The highest BCUT2D eigenvalue weighted by molar-refractivity contribution is 4.74. The molecular weight excluding hydrogens is 188 g/mol. The molecule has 1 aliphatic heterocycles. The minimum atomic E-state index is 0.371. The molecular formula is C12H26N2O. The van der Waals surface area contributed by atoms with Gasteiger partial charge in [-0.05, 0) is 51.9 Å². The molecule has 0 amide bonds.